The highest BCUT2D eigenvalue weighted by Crippen LogP contribution is 2.26. The SMILES string of the molecule is Cc1cc(NCC2CCCCC2O)c(C#N)c(C)n1. The van der Waals surface area contributed by atoms with E-state index in [1.165, 1.54) is 6.42 Å². The fraction of sp³-hybridized carbons (Fsp3) is 0.600. The van der Waals surface area contributed by atoms with Crippen LogP contribution in [-0.2, 0) is 0 Å². The second-order valence-electron chi connectivity index (χ2n) is 5.38. The van der Waals surface area contributed by atoms with Crippen LogP contribution in [0.1, 0.15) is 42.6 Å². The molecular weight excluding hydrogens is 238 g/mol. The predicted molar refractivity (Wildman–Crippen MR) is 74.9 cm³/mol. The Hall–Kier alpha value is -1.60. The van der Waals surface area contributed by atoms with Crippen molar-refractivity contribution in [2.75, 3.05) is 11.9 Å². The summed E-state index contributed by atoms with van der Waals surface area (Å²) >= 11 is 0. The second kappa shape index (κ2) is 6.03. The summed E-state index contributed by atoms with van der Waals surface area (Å²) in [6, 6.07) is 4.11. The maximum absolute atomic E-state index is 9.97. The van der Waals surface area contributed by atoms with Gasteiger partial charge in [0.25, 0.3) is 0 Å². The van der Waals surface area contributed by atoms with Gasteiger partial charge in [0.2, 0.25) is 0 Å². The van der Waals surface area contributed by atoms with Crippen molar-refractivity contribution in [3.05, 3.63) is 23.0 Å². The first-order valence-corrected chi connectivity index (χ1v) is 6.92. The molecule has 1 aliphatic rings. The first-order valence-electron chi connectivity index (χ1n) is 6.92. The maximum Gasteiger partial charge on any atom is 0.103 e. The van der Waals surface area contributed by atoms with Crippen LogP contribution in [-0.4, -0.2) is 22.7 Å². The molecule has 1 fully saturated rings. The quantitative estimate of drug-likeness (QED) is 0.875. The van der Waals surface area contributed by atoms with Crippen LogP contribution in [0.4, 0.5) is 5.69 Å². The highest BCUT2D eigenvalue weighted by atomic mass is 16.3. The Morgan fingerprint density at radius 2 is 2.16 bits per heavy atom. The minimum Gasteiger partial charge on any atom is -0.393 e. The Bertz CT molecular complexity index is 493. The molecule has 2 atom stereocenters. The smallest absolute Gasteiger partial charge is 0.103 e. The molecule has 1 aromatic rings. The van der Waals surface area contributed by atoms with Crippen LogP contribution in [0.2, 0.25) is 0 Å². The van der Waals surface area contributed by atoms with E-state index in [-0.39, 0.29) is 12.0 Å². The summed E-state index contributed by atoms with van der Waals surface area (Å²) in [5.41, 5.74) is 3.11. The van der Waals surface area contributed by atoms with Crippen LogP contribution in [0, 0.1) is 31.1 Å². The van der Waals surface area contributed by atoms with Gasteiger partial charge in [-0.3, -0.25) is 4.98 Å². The number of rotatable bonds is 3. The van der Waals surface area contributed by atoms with E-state index in [1.807, 2.05) is 19.9 Å². The molecule has 1 aliphatic carbocycles. The molecule has 4 nitrogen and oxygen atoms in total. The number of pyridine rings is 1. The first-order chi connectivity index (χ1) is 9.11. The van der Waals surface area contributed by atoms with E-state index in [4.69, 9.17) is 0 Å². The number of nitriles is 1. The van der Waals surface area contributed by atoms with Gasteiger partial charge in [-0.1, -0.05) is 12.8 Å². The van der Waals surface area contributed by atoms with Gasteiger partial charge in [-0.2, -0.15) is 5.26 Å². The molecule has 0 spiro atoms. The minimum atomic E-state index is -0.212. The van der Waals surface area contributed by atoms with E-state index in [9.17, 15) is 10.4 Å². The molecule has 0 radical (unpaired) electrons. The fourth-order valence-corrected chi connectivity index (χ4v) is 2.78. The fourth-order valence-electron chi connectivity index (χ4n) is 2.78. The molecule has 0 aliphatic heterocycles. The average molecular weight is 259 g/mol. The summed E-state index contributed by atoms with van der Waals surface area (Å²) in [5.74, 6) is 0.286. The van der Waals surface area contributed by atoms with Gasteiger partial charge in [0, 0.05) is 18.2 Å². The van der Waals surface area contributed by atoms with Crippen molar-refractivity contribution in [1.29, 1.82) is 5.26 Å². The molecule has 102 valence electrons. The first kappa shape index (κ1) is 13.8. The Morgan fingerprint density at radius 1 is 1.42 bits per heavy atom. The lowest BCUT2D eigenvalue weighted by Gasteiger charge is -2.28. The third-order valence-corrected chi connectivity index (χ3v) is 3.86. The molecule has 0 amide bonds. The van der Waals surface area contributed by atoms with Gasteiger partial charge >= 0.3 is 0 Å². The van der Waals surface area contributed by atoms with Crippen LogP contribution in [0.15, 0.2) is 6.07 Å². The summed E-state index contributed by atoms with van der Waals surface area (Å²) in [6.07, 6.45) is 4.04. The van der Waals surface area contributed by atoms with E-state index < -0.39 is 0 Å². The van der Waals surface area contributed by atoms with Gasteiger partial charge in [-0.25, -0.2) is 0 Å². The molecule has 1 heterocycles. The van der Waals surface area contributed by atoms with Gasteiger partial charge in [-0.05, 0) is 32.8 Å². The van der Waals surface area contributed by atoms with Crippen LogP contribution in [0.25, 0.3) is 0 Å². The number of aliphatic hydroxyl groups excluding tert-OH is 1. The topological polar surface area (TPSA) is 68.9 Å². The molecule has 1 saturated carbocycles. The Kier molecular flexibility index (Phi) is 4.39. The molecule has 1 aromatic heterocycles. The summed E-state index contributed by atoms with van der Waals surface area (Å²) in [6.45, 7) is 4.50. The molecule has 19 heavy (non-hydrogen) atoms. The zero-order chi connectivity index (χ0) is 13.8. The van der Waals surface area contributed by atoms with E-state index in [0.717, 1.165) is 42.9 Å². The second-order valence-corrected chi connectivity index (χ2v) is 5.38. The average Bonchev–Trinajstić information content (AvgIpc) is 2.37. The molecule has 0 aromatic carbocycles. The number of aromatic nitrogens is 1. The summed E-state index contributed by atoms with van der Waals surface area (Å²) in [4.78, 5) is 4.30. The number of hydrogen-bond acceptors (Lipinski definition) is 4. The molecule has 0 bridgehead atoms. The number of nitrogens with one attached hydrogen (secondary N) is 1. The lowest BCUT2D eigenvalue weighted by molar-refractivity contribution is 0.0763. The summed E-state index contributed by atoms with van der Waals surface area (Å²) in [7, 11) is 0. The molecular formula is C15H21N3O. The van der Waals surface area contributed by atoms with E-state index in [0.29, 0.717) is 5.56 Å². The van der Waals surface area contributed by atoms with Crippen molar-refractivity contribution in [2.24, 2.45) is 5.92 Å². The largest absolute Gasteiger partial charge is 0.393 e. The van der Waals surface area contributed by atoms with Gasteiger partial charge in [0.15, 0.2) is 0 Å². The third-order valence-electron chi connectivity index (χ3n) is 3.86. The van der Waals surface area contributed by atoms with E-state index in [1.54, 1.807) is 0 Å². The Morgan fingerprint density at radius 3 is 2.84 bits per heavy atom. The molecule has 0 saturated heterocycles. The number of hydrogen-bond donors (Lipinski definition) is 2. The van der Waals surface area contributed by atoms with Crippen molar-refractivity contribution >= 4 is 5.69 Å². The number of aliphatic hydroxyl groups is 1. The number of nitrogens with zero attached hydrogens (tertiary/aromatic N) is 2. The molecule has 4 heteroatoms. The zero-order valence-electron chi connectivity index (χ0n) is 11.6. The summed E-state index contributed by atoms with van der Waals surface area (Å²) in [5, 5.41) is 22.5. The van der Waals surface area contributed by atoms with E-state index >= 15 is 0 Å². The lowest BCUT2D eigenvalue weighted by Crippen LogP contribution is -2.30. The van der Waals surface area contributed by atoms with Crippen LogP contribution in [0.3, 0.4) is 0 Å². The predicted octanol–water partition coefficient (Wildman–Crippen LogP) is 2.53. The van der Waals surface area contributed by atoms with Crippen molar-refractivity contribution < 1.29 is 5.11 Å². The molecule has 2 unspecified atom stereocenters. The highest BCUT2D eigenvalue weighted by molar-refractivity contribution is 5.59. The van der Waals surface area contributed by atoms with Crippen molar-refractivity contribution in [3.63, 3.8) is 0 Å². The summed E-state index contributed by atoms with van der Waals surface area (Å²) < 4.78 is 0. The minimum absolute atomic E-state index is 0.212. The van der Waals surface area contributed by atoms with Gasteiger partial charge in [0.05, 0.1) is 23.0 Å². The highest BCUT2D eigenvalue weighted by Gasteiger charge is 2.23. The van der Waals surface area contributed by atoms with Crippen LogP contribution in [0.5, 0.6) is 0 Å². The van der Waals surface area contributed by atoms with Gasteiger partial charge < -0.3 is 10.4 Å². The van der Waals surface area contributed by atoms with E-state index in [2.05, 4.69) is 16.4 Å². The number of aryl methyl sites for hydroxylation is 2. The normalized spacial score (nSPS) is 22.8. The van der Waals surface area contributed by atoms with Gasteiger partial charge in [0.1, 0.15) is 6.07 Å². The third kappa shape index (κ3) is 3.24. The van der Waals surface area contributed by atoms with Crippen LogP contribution >= 0.6 is 0 Å². The molecule has 2 rings (SSSR count). The van der Waals surface area contributed by atoms with Crippen molar-refractivity contribution in [1.82, 2.24) is 4.98 Å². The zero-order valence-corrected chi connectivity index (χ0v) is 11.6. The Labute approximate surface area is 114 Å². The van der Waals surface area contributed by atoms with Gasteiger partial charge in [-0.15, -0.1) is 0 Å². The standard InChI is InChI=1S/C15H21N3O/c1-10-7-14(13(8-16)11(2)18-10)17-9-12-5-3-4-6-15(12)19/h7,12,15,19H,3-6,9H2,1-2H3,(H,17,18). The number of anilines is 1. The lowest BCUT2D eigenvalue weighted by atomic mass is 9.86. The van der Waals surface area contributed by atoms with Crippen LogP contribution < -0.4 is 5.32 Å². The maximum atomic E-state index is 9.97. The van der Waals surface area contributed by atoms with Crippen molar-refractivity contribution in [3.8, 4) is 6.07 Å². The van der Waals surface area contributed by atoms with Crippen molar-refractivity contribution in [2.45, 2.75) is 45.6 Å². The monoisotopic (exact) mass is 259 g/mol. The Balaban J connectivity index is 2.09. The molecule has 2 N–H and O–H groups in total.